The van der Waals surface area contributed by atoms with E-state index in [0.29, 0.717) is 17.8 Å². The van der Waals surface area contributed by atoms with Crippen LogP contribution in [0.4, 0.5) is 25.1 Å². The monoisotopic (exact) mass is 233 g/mol. The zero-order valence-corrected chi connectivity index (χ0v) is 7.92. The maximum absolute atomic E-state index is 12.2. The highest BCUT2D eigenvalue weighted by atomic mass is 32.5. The predicted molar refractivity (Wildman–Crippen MR) is 47.4 cm³/mol. The number of halogens is 5. The molecule has 0 saturated carbocycles. The van der Waals surface area contributed by atoms with Gasteiger partial charge in [-0.15, -0.1) is 0 Å². The Kier molecular flexibility index (Phi) is 1.85. The van der Waals surface area contributed by atoms with E-state index < -0.39 is 15.1 Å². The quantitative estimate of drug-likeness (QED) is 0.747. The third-order valence-electron chi connectivity index (χ3n) is 1.59. The second-order valence-corrected chi connectivity index (χ2v) is 5.15. The summed E-state index contributed by atoms with van der Waals surface area (Å²) in [5.74, 6) is 0. The number of hydrogen-bond donors (Lipinski definition) is 1. The molecule has 0 fully saturated rings. The van der Waals surface area contributed by atoms with E-state index in [0.717, 1.165) is 12.1 Å². The molecule has 0 spiro atoms. The predicted octanol–water partition coefficient (Wildman–Crippen LogP) is 4.39. The largest absolute Gasteiger partial charge is 0.388 e. The van der Waals surface area contributed by atoms with E-state index in [9.17, 15) is 19.4 Å². The van der Waals surface area contributed by atoms with E-state index in [1.165, 1.54) is 7.05 Å². The van der Waals surface area contributed by atoms with Gasteiger partial charge in [-0.1, -0.05) is 19.4 Å². The fraction of sp³-hybridized carbons (Fsp3) is 0.143. The molecule has 82 valence electrons. The van der Waals surface area contributed by atoms with Crippen molar-refractivity contribution in [3.05, 3.63) is 24.3 Å². The Bertz CT molecular complexity index is 339. The van der Waals surface area contributed by atoms with E-state index in [-0.39, 0.29) is 0 Å². The average molecular weight is 233 g/mol. The van der Waals surface area contributed by atoms with Crippen LogP contribution in [0, 0.1) is 0 Å². The Morgan fingerprint density at radius 1 is 0.929 bits per heavy atom. The van der Waals surface area contributed by atoms with Gasteiger partial charge in [0.2, 0.25) is 0 Å². The molecule has 0 aliphatic carbocycles. The van der Waals surface area contributed by atoms with Crippen molar-refractivity contribution in [1.29, 1.82) is 0 Å². The minimum Gasteiger partial charge on any atom is -0.388 e. The Morgan fingerprint density at radius 2 is 1.36 bits per heavy atom. The second-order valence-electron chi connectivity index (χ2n) is 2.74. The van der Waals surface area contributed by atoms with E-state index in [2.05, 4.69) is 5.32 Å². The lowest BCUT2D eigenvalue weighted by Gasteiger charge is -2.40. The van der Waals surface area contributed by atoms with Gasteiger partial charge in [0.05, 0.1) is 0 Å². The first-order valence-corrected chi connectivity index (χ1v) is 5.50. The Labute approximate surface area is 77.6 Å². The maximum atomic E-state index is 12.2. The molecule has 0 aromatic heterocycles. The molecule has 0 saturated heterocycles. The molecule has 0 atom stereocenters. The van der Waals surface area contributed by atoms with Crippen LogP contribution < -0.4 is 5.32 Å². The molecular formula is C7H8F5NS. The maximum Gasteiger partial charge on any atom is 0.310 e. The van der Waals surface area contributed by atoms with Crippen LogP contribution >= 0.6 is 10.2 Å². The highest BCUT2D eigenvalue weighted by molar-refractivity contribution is 8.45. The molecule has 0 heterocycles. The first-order chi connectivity index (χ1) is 6.03. The second kappa shape index (κ2) is 2.33. The van der Waals surface area contributed by atoms with Crippen LogP contribution in [-0.2, 0) is 0 Å². The summed E-state index contributed by atoms with van der Waals surface area (Å²) in [5, 5.41) is 2.53. The van der Waals surface area contributed by atoms with Crippen LogP contribution in [0.25, 0.3) is 0 Å². The van der Waals surface area contributed by atoms with Gasteiger partial charge in [0.25, 0.3) is 0 Å². The normalized spacial score (nSPS) is 17.0. The first-order valence-electron chi connectivity index (χ1n) is 3.55. The first kappa shape index (κ1) is 11.1. The SMILES string of the molecule is CNc1ccc(S(F)(F)(F)(F)F)cc1. The number of rotatable bonds is 2. The lowest BCUT2D eigenvalue weighted by molar-refractivity contribution is 0.364. The molecule has 0 bridgehead atoms. The molecule has 7 heteroatoms. The van der Waals surface area contributed by atoms with Crippen molar-refractivity contribution in [2.45, 2.75) is 4.90 Å². The van der Waals surface area contributed by atoms with Gasteiger partial charge in [-0.2, -0.15) is 0 Å². The average Bonchev–Trinajstić information content (AvgIpc) is 2.01. The zero-order valence-electron chi connectivity index (χ0n) is 7.11. The third-order valence-corrected chi connectivity index (χ3v) is 2.75. The van der Waals surface area contributed by atoms with Crippen LogP contribution in [0.2, 0.25) is 0 Å². The fourth-order valence-electron chi connectivity index (χ4n) is 0.879. The summed E-state index contributed by atoms with van der Waals surface area (Å²) < 4.78 is 60.8. The van der Waals surface area contributed by atoms with Crippen molar-refractivity contribution in [2.75, 3.05) is 12.4 Å². The summed E-state index contributed by atoms with van der Waals surface area (Å²) in [4.78, 5) is -1.87. The van der Waals surface area contributed by atoms with Crippen molar-refractivity contribution >= 4 is 15.9 Å². The Hall–Kier alpha value is -0.980. The topological polar surface area (TPSA) is 12.0 Å². The van der Waals surface area contributed by atoms with Crippen LogP contribution in [0.3, 0.4) is 0 Å². The van der Waals surface area contributed by atoms with Gasteiger partial charge >= 0.3 is 10.2 Å². The van der Waals surface area contributed by atoms with Crippen LogP contribution in [0.15, 0.2) is 29.2 Å². The Morgan fingerprint density at radius 3 is 1.64 bits per heavy atom. The zero-order chi connectivity index (χ0) is 11.1. The van der Waals surface area contributed by atoms with Gasteiger partial charge in [-0.05, 0) is 24.3 Å². The lowest BCUT2D eigenvalue weighted by Crippen LogP contribution is -2.05. The van der Waals surface area contributed by atoms with Crippen molar-refractivity contribution in [2.24, 2.45) is 0 Å². The van der Waals surface area contributed by atoms with E-state index >= 15 is 0 Å². The summed E-state index contributed by atoms with van der Waals surface area (Å²) in [5.41, 5.74) is 0.343. The third kappa shape index (κ3) is 2.50. The van der Waals surface area contributed by atoms with Gasteiger partial charge in [-0.25, -0.2) is 0 Å². The molecule has 0 amide bonds. The highest BCUT2D eigenvalue weighted by Crippen LogP contribution is 3.02. The minimum absolute atomic E-state index is 0.343. The van der Waals surface area contributed by atoms with Gasteiger partial charge < -0.3 is 5.32 Å². The minimum atomic E-state index is -9.49. The molecule has 0 aliphatic rings. The van der Waals surface area contributed by atoms with E-state index in [1.807, 2.05) is 0 Å². The number of hydrogen-bond acceptors (Lipinski definition) is 1. The summed E-state index contributed by atoms with van der Waals surface area (Å²) in [6, 6.07) is 2.64. The van der Waals surface area contributed by atoms with Crippen molar-refractivity contribution < 1.29 is 19.4 Å². The summed E-state index contributed by atoms with van der Waals surface area (Å²) in [7, 11) is -8.01. The highest BCUT2D eigenvalue weighted by Gasteiger charge is 2.65. The molecule has 1 aromatic carbocycles. The van der Waals surface area contributed by atoms with Gasteiger partial charge in [-0.3, -0.25) is 0 Å². The number of benzene rings is 1. The molecule has 14 heavy (non-hydrogen) atoms. The summed E-state index contributed by atoms with van der Waals surface area (Å²) >= 11 is 0. The van der Waals surface area contributed by atoms with Gasteiger partial charge in [0.1, 0.15) is 4.90 Å². The fourth-order valence-corrected chi connectivity index (χ4v) is 1.53. The van der Waals surface area contributed by atoms with Crippen molar-refractivity contribution in [3.8, 4) is 0 Å². The molecule has 1 N–H and O–H groups in total. The molecule has 0 unspecified atom stereocenters. The van der Waals surface area contributed by atoms with E-state index in [1.54, 1.807) is 0 Å². The molecular weight excluding hydrogens is 225 g/mol. The van der Waals surface area contributed by atoms with Crippen LogP contribution in [-0.4, -0.2) is 7.05 Å². The van der Waals surface area contributed by atoms with Crippen molar-refractivity contribution in [1.82, 2.24) is 0 Å². The standard InChI is InChI=1S/C7H8F5NS/c1-13-6-2-4-7(5-3-6)14(8,9,10,11)12/h2-5,13H,1H3. The molecule has 0 aliphatic heterocycles. The summed E-state index contributed by atoms with van der Waals surface area (Å²) in [6.07, 6.45) is 0. The Balaban J connectivity index is 3.24. The van der Waals surface area contributed by atoms with E-state index in [4.69, 9.17) is 0 Å². The lowest BCUT2D eigenvalue weighted by atomic mass is 10.3. The number of anilines is 1. The van der Waals surface area contributed by atoms with Crippen LogP contribution in [0.1, 0.15) is 0 Å². The number of nitrogens with one attached hydrogen (secondary N) is 1. The smallest absolute Gasteiger partial charge is 0.310 e. The van der Waals surface area contributed by atoms with Gasteiger partial charge in [0.15, 0.2) is 0 Å². The molecule has 1 nitrogen and oxygen atoms in total. The molecule has 0 radical (unpaired) electrons. The molecule has 1 rings (SSSR count). The van der Waals surface area contributed by atoms with Crippen molar-refractivity contribution in [3.63, 3.8) is 0 Å². The van der Waals surface area contributed by atoms with Crippen LogP contribution in [0.5, 0.6) is 0 Å². The summed E-state index contributed by atoms with van der Waals surface area (Å²) in [6.45, 7) is 0. The molecule has 1 aromatic rings. The van der Waals surface area contributed by atoms with Gasteiger partial charge in [0, 0.05) is 12.7 Å².